The van der Waals surface area contributed by atoms with Crippen molar-refractivity contribution in [3.05, 3.63) is 75.3 Å². The molecule has 0 aliphatic rings. The first kappa shape index (κ1) is 17.8. The molecule has 4 aromatic rings. The molecule has 0 aliphatic heterocycles. The fourth-order valence-electron chi connectivity index (χ4n) is 2.54. The summed E-state index contributed by atoms with van der Waals surface area (Å²) in [5.74, 6) is 0.0823. The minimum atomic E-state index is -0.338. The second-order valence-corrected chi connectivity index (χ2v) is 7.46. The number of nitrogens with one attached hydrogen (secondary N) is 2. The monoisotopic (exact) mass is 417 g/mol. The van der Waals surface area contributed by atoms with E-state index in [0.717, 1.165) is 16.1 Å². The maximum atomic E-state index is 12.4. The van der Waals surface area contributed by atoms with Gasteiger partial charge in [-0.1, -0.05) is 35.3 Å². The molecule has 4 rings (SSSR count). The van der Waals surface area contributed by atoms with E-state index in [-0.39, 0.29) is 5.91 Å². The van der Waals surface area contributed by atoms with Crippen LogP contribution in [0.15, 0.2) is 54.0 Å². The molecule has 0 aliphatic carbocycles. The summed E-state index contributed by atoms with van der Waals surface area (Å²) in [6.45, 7) is 0.402. The fourth-order valence-corrected chi connectivity index (χ4v) is 3.75. The number of aromatic amines is 1. The smallest absolute Gasteiger partial charge is 0.277 e. The number of halogens is 2. The Balaban J connectivity index is 1.45. The number of aromatic nitrogens is 4. The van der Waals surface area contributed by atoms with Crippen molar-refractivity contribution in [1.29, 1.82) is 0 Å². The summed E-state index contributed by atoms with van der Waals surface area (Å²) in [6, 6.07) is 12.7. The lowest BCUT2D eigenvalue weighted by Crippen LogP contribution is -2.13. The van der Waals surface area contributed by atoms with Crippen LogP contribution in [-0.2, 0) is 6.54 Å². The van der Waals surface area contributed by atoms with Gasteiger partial charge < -0.3 is 5.32 Å². The van der Waals surface area contributed by atoms with Crippen LogP contribution in [0, 0.1) is 0 Å². The number of anilines is 1. The highest BCUT2D eigenvalue weighted by Crippen LogP contribution is 2.25. The number of nitrogens with zero attached hydrogens (tertiary/aromatic N) is 3. The van der Waals surface area contributed by atoms with Gasteiger partial charge in [-0.3, -0.25) is 14.6 Å². The van der Waals surface area contributed by atoms with E-state index in [2.05, 4.69) is 20.6 Å². The first-order chi connectivity index (χ1) is 13.1. The molecule has 3 heterocycles. The molecule has 27 heavy (non-hydrogen) atoms. The number of thiophene rings is 1. The summed E-state index contributed by atoms with van der Waals surface area (Å²) in [7, 11) is 0. The summed E-state index contributed by atoms with van der Waals surface area (Å²) in [5.41, 5.74) is 1.87. The predicted octanol–water partition coefficient (Wildman–Crippen LogP) is 4.94. The molecule has 9 heteroatoms. The highest BCUT2D eigenvalue weighted by Gasteiger charge is 2.14. The first-order valence-corrected chi connectivity index (χ1v) is 9.61. The molecule has 0 radical (unpaired) electrons. The van der Waals surface area contributed by atoms with E-state index in [1.807, 2.05) is 17.5 Å². The van der Waals surface area contributed by atoms with Crippen LogP contribution in [0.5, 0.6) is 0 Å². The number of carbonyl (C=O) groups excluding carboxylic acids is 1. The lowest BCUT2D eigenvalue weighted by molar-refractivity contribution is 0.102. The van der Waals surface area contributed by atoms with Crippen molar-refractivity contribution in [2.75, 3.05) is 5.32 Å². The van der Waals surface area contributed by atoms with Gasteiger partial charge >= 0.3 is 0 Å². The Morgan fingerprint density at radius 1 is 1.19 bits per heavy atom. The van der Waals surface area contributed by atoms with Crippen LogP contribution in [-0.4, -0.2) is 25.9 Å². The third kappa shape index (κ3) is 3.90. The summed E-state index contributed by atoms with van der Waals surface area (Å²) in [5, 5.41) is 17.1. The van der Waals surface area contributed by atoms with Crippen molar-refractivity contribution in [1.82, 2.24) is 20.0 Å². The number of rotatable bonds is 5. The van der Waals surface area contributed by atoms with Gasteiger partial charge in [-0.15, -0.1) is 11.3 Å². The van der Waals surface area contributed by atoms with Crippen molar-refractivity contribution in [2.24, 2.45) is 0 Å². The maximum absolute atomic E-state index is 12.4. The Bertz CT molecular complexity index is 1070. The number of benzene rings is 1. The van der Waals surface area contributed by atoms with Crippen molar-refractivity contribution >= 4 is 46.3 Å². The molecule has 136 valence electrons. The van der Waals surface area contributed by atoms with E-state index in [1.165, 1.54) is 0 Å². The Hall–Kier alpha value is -2.61. The third-order valence-electron chi connectivity index (χ3n) is 3.86. The van der Waals surface area contributed by atoms with E-state index in [4.69, 9.17) is 23.2 Å². The summed E-state index contributed by atoms with van der Waals surface area (Å²) in [4.78, 5) is 13.4. The van der Waals surface area contributed by atoms with Gasteiger partial charge in [0.15, 0.2) is 11.5 Å². The fraction of sp³-hybridized carbons (Fsp3) is 0.0556. The quantitative estimate of drug-likeness (QED) is 0.482. The standard InChI is InChI=1S/C18H13Cl2N5OS/c19-12-3-1-4-13(20)11(12)10-25-7-6-17(24-25)21-18(26)15-9-14(22-23-15)16-5-2-8-27-16/h1-9H,10H2,(H,22,23)(H,21,24,26). The SMILES string of the molecule is O=C(Nc1ccn(Cc2c(Cl)cccc2Cl)n1)c1cc(-c2cccs2)[nH]n1. The number of carbonyl (C=O) groups is 1. The van der Waals surface area contributed by atoms with Crippen molar-refractivity contribution < 1.29 is 4.79 Å². The van der Waals surface area contributed by atoms with Crippen LogP contribution in [0.1, 0.15) is 16.1 Å². The van der Waals surface area contributed by atoms with Crippen LogP contribution in [0.3, 0.4) is 0 Å². The Labute approximate surface area is 168 Å². The molecule has 1 amide bonds. The van der Waals surface area contributed by atoms with Crippen molar-refractivity contribution in [3.63, 3.8) is 0 Å². The molecular weight excluding hydrogens is 405 g/mol. The minimum Gasteiger partial charge on any atom is -0.304 e. The lowest BCUT2D eigenvalue weighted by atomic mass is 10.2. The highest BCUT2D eigenvalue weighted by atomic mass is 35.5. The van der Waals surface area contributed by atoms with Crippen LogP contribution in [0.4, 0.5) is 5.82 Å². The summed E-state index contributed by atoms with van der Waals surface area (Å²) < 4.78 is 1.66. The van der Waals surface area contributed by atoms with Crippen LogP contribution in [0.25, 0.3) is 10.6 Å². The zero-order valence-corrected chi connectivity index (χ0v) is 16.1. The number of hydrogen-bond acceptors (Lipinski definition) is 4. The molecule has 6 nitrogen and oxygen atoms in total. The largest absolute Gasteiger partial charge is 0.304 e. The molecule has 0 spiro atoms. The highest BCUT2D eigenvalue weighted by molar-refractivity contribution is 7.13. The zero-order chi connectivity index (χ0) is 18.8. The van der Waals surface area contributed by atoms with Crippen LogP contribution >= 0.6 is 34.5 Å². The van der Waals surface area contributed by atoms with Gasteiger partial charge in [-0.05, 0) is 29.6 Å². The molecule has 0 saturated heterocycles. The van der Waals surface area contributed by atoms with Gasteiger partial charge in [-0.2, -0.15) is 10.2 Å². The van der Waals surface area contributed by atoms with Crippen molar-refractivity contribution in [3.8, 4) is 10.6 Å². The topological polar surface area (TPSA) is 75.6 Å². The van der Waals surface area contributed by atoms with Gasteiger partial charge in [0, 0.05) is 27.9 Å². The van der Waals surface area contributed by atoms with Gasteiger partial charge in [0.25, 0.3) is 5.91 Å². The van der Waals surface area contributed by atoms with E-state index >= 15 is 0 Å². The lowest BCUT2D eigenvalue weighted by Gasteiger charge is -2.06. The maximum Gasteiger partial charge on any atom is 0.277 e. The van der Waals surface area contributed by atoms with Gasteiger partial charge in [-0.25, -0.2) is 0 Å². The molecular formula is C18H13Cl2N5OS. The van der Waals surface area contributed by atoms with Gasteiger partial charge in [0.2, 0.25) is 0 Å². The first-order valence-electron chi connectivity index (χ1n) is 7.97. The van der Waals surface area contributed by atoms with E-state index in [9.17, 15) is 4.79 Å². The molecule has 1 aromatic carbocycles. The van der Waals surface area contributed by atoms with Crippen LogP contribution < -0.4 is 5.32 Å². The molecule has 0 atom stereocenters. The molecule has 0 unspecified atom stereocenters. The van der Waals surface area contributed by atoms with Crippen LogP contribution in [0.2, 0.25) is 10.0 Å². The summed E-state index contributed by atoms with van der Waals surface area (Å²) in [6.07, 6.45) is 1.75. The van der Waals surface area contributed by atoms with E-state index in [1.54, 1.807) is 52.5 Å². The Morgan fingerprint density at radius 2 is 2.00 bits per heavy atom. The van der Waals surface area contributed by atoms with Gasteiger partial charge in [0.1, 0.15) is 0 Å². The molecule has 2 N–H and O–H groups in total. The second kappa shape index (κ2) is 7.56. The number of H-pyrrole nitrogens is 1. The molecule has 0 fully saturated rings. The Morgan fingerprint density at radius 3 is 2.74 bits per heavy atom. The van der Waals surface area contributed by atoms with Gasteiger partial charge in [0.05, 0.1) is 17.1 Å². The van der Waals surface area contributed by atoms with E-state index in [0.29, 0.717) is 28.1 Å². The minimum absolute atomic E-state index is 0.294. The summed E-state index contributed by atoms with van der Waals surface area (Å²) >= 11 is 13.9. The normalized spacial score (nSPS) is 10.9. The molecule has 0 bridgehead atoms. The number of hydrogen-bond donors (Lipinski definition) is 2. The number of amides is 1. The van der Waals surface area contributed by atoms with Crippen molar-refractivity contribution in [2.45, 2.75) is 6.54 Å². The third-order valence-corrected chi connectivity index (χ3v) is 5.47. The predicted molar refractivity (Wildman–Crippen MR) is 108 cm³/mol. The second-order valence-electron chi connectivity index (χ2n) is 5.70. The molecule has 3 aromatic heterocycles. The molecule has 0 saturated carbocycles. The average molecular weight is 418 g/mol. The zero-order valence-electron chi connectivity index (χ0n) is 13.8. The Kier molecular flexibility index (Phi) is 4.98. The average Bonchev–Trinajstić information content (AvgIpc) is 3.38. The van der Waals surface area contributed by atoms with E-state index < -0.39 is 0 Å².